The molecule has 28 heavy (non-hydrogen) atoms. The molecule has 0 saturated heterocycles. The maximum Gasteiger partial charge on any atom is 0.224 e. The average Bonchev–Trinajstić information content (AvgIpc) is 3.09. The molecule has 0 radical (unpaired) electrons. The molecule has 7 nitrogen and oxygen atoms in total. The summed E-state index contributed by atoms with van der Waals surface area (Å²) in [4.78, 5) is 29.2. The molecule has 0 fully saturated rings. The van der Waals surface area contributed by atoms with Gasteiger partial charge in [0.1, 0.15) is 5.75 Å². The van der Waals surface area contributed by atoms with E-state index in [1.54, 1.807) is 24.5 Å². The van der Waals surface area contributed by atoms with Gasteiger partial charge in [0.25, 0.3) is 0 Å². The summed E-state index contributed by atoms with van der Waals surface area (Å²) in [5, 5.41) is 7.97. The number of hydrogen-bond acceptors (Lipinski definition) is 5. The van der Waals surface area contributed by atoms with Crippen LogP contribution in [0.2, 0.25) is 0 Å². The van der Waals surface area contributed by atoms with Crippen molar-refractivity contribution in [2.75, 3.05) is 12.4 Å². The van der Waals surface area contributed by atoms with Gasteiger partial charge in [0.15, 0.2) is 11.4 Å². The summed E-state index contributed by atoms with van der Waals surface area (Å²) in [7, 11) is 1.53. The van der Waals surface area contributed by atoms with Gasteiger partial charge in [0.2, 0.25) is 5.91 Å². The zero-order valence-corrected chi connectivity index (χ0v) is 16.5. The van der Waals surface area contributed by atoms with E-state index in [0.717, 1.165) is 16.6 Å². The van der Waals surface area contributed by atoms with Crippen molar-refractivity contribution in [2.24, 2.45) is 0 Å². The molecule has 0 saturated carbocycles. The lowest BCUT2D eigenvalue weighted by molar-refractivity contribution is -0.116. The van der Waals surface area contributed by atoms with Crippen LogP contribution in [0.15, 0.2) is 36.7 Å². The SMILES string of the molecule is COc1ccc(C)cc1C(=O)CCC(=O)Nc1cnc2c(cnn2C(C)C)c1. The van der Waals surface area contributed by atoms with Crippen LogP contribution in [0.3, 0.4) is 0 Å². The van der Waals surface area contributed by atoms with E-state index in [2.05, 4.69) is 15.4 Å². The smallest absolute Gasteiger partial charge is 0.224 e. The number of nitrogens with one attached hydrogen (secondary N) is 1. The Hall–Kier alpha value is -3.22. The highest BCUT2D eigenvalue weighted by atomic mass is 16.5. The summed E-state index contributed by atoms with van der Waals surface area (Å²) in [6.45, 7) is 5.97. The third kappa shape index (κ3) is 4.19. The van der Waals surface area contributed by atoms with Crippen molar-refractivity contribution < 1.29 is 14.3 Å². The van der Waals surface area contributed by atoms with E-state index < -0.39 is 0 Å². The number of methoxy groups -OCH3 is 1. The summed E-state index contributed by atoms with van der Waals surface area (Å²) < 4.78 is 7.07. The van der Waals surface area contributed by atoms with Gasteiger partial charge in [0.05, 0.1) is 30.8 Å². The van der Waals surface area contributed by atoms with Crippen molar-refractivity contribution in [2.45, 2.75) is 39.7 Å². The van der Waals surface area contributed by atoms with Crippen LogP contribution >= 0.6 is 0 Å². The number of Topliss-reactive ketones (excluding diaryl/α,β-unsaturated/α-hetero) is 1. The molecule has 7 heteroatoms. The lowest BCUT2D eigenvalue weighted by Crippen LogP contribution is -2.14. The normalized spacial score (nSPS) is 11.0. The van der Waals surface area contributed by atoms with Gasteiger partial charge < -0.3 is 10.1 Å². The number of aryl methyl sites for hydroxylation is 1. The number of rotatable bonds is 7. The van der Waals surface area contributed by atoms with Crippen molar-refractivity contribution in [3.05, 3.63) is 47.8 Å². The fourth-order valence-electron chi connectivity index (χ4n) is 3.01. The van der Waals surface area contributed by atoms with Crippen LogP contribution in [0.1, 0.15) is 48.7 Å². The van der Waals surface area contributed by atoms with Crippen LogP contribution in [0.4, 0.5) is 5.69 Å². The summed E-state index contributed by atoms with van der Waals surface area (Å²) in [5.74, 6) is 0.160. The van der Waals surface area contributed by atoms with Crippen molar-refractivity contribution in [1.82, 2.24) is 14.8 Å². The number of hydrogen-bond donors (Lipinski definition) is 1. The highest BCUT2D eigenvalue weighted by molar-refractivity contribution is 6.02. The first-order valence-electron chi connectivity index (χ1n) is 9.20. The van der Waals surface area contributed by atoms with E-state index in [1.165, 1.54) is 7.11 Å². The van der Waals surface area contributed by atoms with E-state index in [-0.39, 0.29) is 30.6 Å². The molecule has 0 unspecified atom stereocenters. The second kappa shape index (κ2) is 8.21. The Balaban J connectivity index is 1.64. The molecule has 1 aromatic carbocycles. The molecule has 1 amide bonds. The standard InChI is InChI=1S/C21H24N4O3/c1-13(2)25-21-15(11-23-25)10-16(12-22-21)24-20(27)8-6-18(26)17-9-14(3)5-7-19(17)28-4/h5,7,9-13H,6,8H2,1-4H3,(H,24,27). The molecule has 146 valence electrons. The topological polar surface area (TPSA) is 86.1 Å². The molecule has 0 atom stereocenters. The molecule has 0 aliphatic heterocycles. The number of benzene rings is 1. The lowest BCUT2D eigenvalue weighted by atomic mass is 10.0. The Labute approximate surface area is 163 Å². The Morgan fingerprint density at radius 3 is 2.68 bits per heavy atom. The Bertz CT molecular complexity index is 1020. The van der Waals surface area contributed by atoms with Gasteiger partial charge in [-0.05, 0) is 39.0 Å². The Kier molecular flexibility index (Phi) is 5.73. The van der Waals surface area contributed by atoms with E-state index in [0.29, 0.717) is 17.0 Å². The number of ether oxygens (including phenoxy) is 1. The maximum atomic E-state index is 12.5. The van der Waals surface area contributed by atoms with Gasteiger partial charge in [-0.15, -0.1) is 0 Å². The molecular formula is C21H24N4O3. The van der Waals surface area contributed by atoms with Crippen LogP contribution in [0, 0.1) is 6.92 Å². The number of anilines is 1. The van der Waals surface area contributed by atoms with E-state index in [4.69, 9.17) is 4.74 Å². The summed E-state index contributed by atoms with van der Waals surface area (Å²) in [6, 6.07) is 7.46. The zero-order chi connectivity index (χ0) is 20.3. The largest absolute Gasteiger partial charge is 0.496 e. The monoisotopic (exact) mass is 380 g/mol. The first-order chi connectivity index (χ1) is 13.4. The van der Waals surface area contributed by atoms with Crippen molar-refractivity contribution in [3.8, 4) is 5.75 Å². The maximum absolute atomic E-state index is 12.5. The van der Waals surface area contributed by atoms with Gasteiger partial charge in [-0.3, -0.25) is 9.59 Å². The number of nitrogens with zero attached hydrogens (tertiary/aromatic N) is 3. The average molecular weight is 380 g/mol. The van der Waals surface area contributed by atoms with E-state index in [1.807, 2.05) is 37.6 Å². The van der Waals surface area contributed by atoms with Gasteiger partial charge in [-0.2, -0.15) is 5.10 Å². The van der Waals surface area contributed by atoms with Crippen LogP contribution in [-0.2, 0) is 4.79 Å². The van der Waals surface area contributed by atoms with Crippen LogP contribution < -0.4 is 10.1 Å². The Morgan fingerprint density at radius 1 is 1.18 bits per heavy atom. The minimum atomic E-state index is -0.239. The molecule has 2 aromatic heterocycles. The number of aromatic nitrogens is 3. The molecule has 2 heterocycles. The summed E-state index contributed by atoms with van der Waals surface area (Å²) >= 11 is 0. The second-order valence-electron chi connectivity index (χ2n) is 6.99. The predicted octanol–water partition coefficient (Wildman–Crippen LogP) is 3.93. The lowest BCUT2D eigenvalue weighted by Gasteiger charge is -2.09. The summed E-state index contributed by atoms with van der Waals surface area (Å²) in [5.41, 5.74) is 2.82. The van der Waals surface area contributed by atoms with Gasteiger partial charge >= 0.3 is 0 Å². The van der Waals surface area contributed by atoms with Crippen LogP contribution in [0.25, 0.3) is 11.0 Å². The fraction of sp³-hybridized carbons (Fsp3) is 0.333. The predicted molar refractivity (Wildman–Crippen MR) is 108 cm³/mol. The number of pyridine rings is 1. The van der Waals surface area contributed by atoms with Crippen molar-refractivity contribution in [1.29, 1.82) is 0 Å². The first kappa shape index (κ1) is 19.5. The molecule has 0 spiro atoms. The van der Waals surface area contributed by atoms with Gasteiger partial charge in [-0.1, -0.05) is 11.6 Å². The van der Waals surface area contributed by atoms with Crippen LogP contribution in [0.5, 0.6) is 5.75 Å². The van der Waals surface area contributed by atoms with Crippen LogP contribution in [-0.4, -0.2) is 33.6 Å². The molecule has 0 aliphatic carbocycles. The van der Waals surface area contributed by atoms with E-state index >= 15 is 0 Å². The number of ketones is 1. The molecule has 1 N–H and O–H groups in total. The molecule has 0 aliphatic rings. The molecule has 3 aromatic rings. The van der Waals surface area contributed by atoms with Crippen molar-refractivity contribution in [3.63, 3.8) is 0 Å². The number of carbonyl (C=O) groups is 2. The molecular weight excluding hydrogens is 356 g/mol. The van der Waals surface area contributed by atoms with Gasteiger partial charge in [-0.25, -0.2) is 9.67 Å². The molecule has 0 bridgehead atoms. The minimum Gasteiger partial charge on any atom is -0.496 e. The summed E-state index contributed by atoms with van der Waals surface area (Å²) in [6.07, 6.45) is 3.52. The van der Waals surface area contributed by atoms with Crippen molar-refractivity contribution >= 4 is 28.4 Å². The van der Waals surface area contributed by atoms with Gasteiger partial charge in [0, 0.05) is 24.3 Å². The number of amides is 1. The second-order valence-corrected chi connectivity index (χ2v) is 6.99. The third-order valence-corrected chi connectivity index (χ3v) is 4.44. The highest BCUT2D eigenvalue weighted by Crippen LogP contribution is 2.22. The zero-order valence-electron chi connectivity index (χ0n) is 16.5. The Morgan fingerprint density at radius 2 is 1.96 bits per heavy atom. The number of fused-ring (bicyclic) bond motifs is 1. The first-order valence-corrected chi connectivity index (χ1v) is 9.20. The molecule has 3 rings (SSSR count). The quantitative estimate of drug-likeness (QED) is 0.628. The minimum absolute atomic E-state index is 0.0826. The van der Waals surface area contributed by atoms with E-state index in [9.17, 15) is 9.59 Å². The third-order valence-electron chi connectivity index (χ3n) is 4.44. The fourth-order valence-corrected chi connectivity index (χ4v) is 3.01. The number of carbonyl (C=O) groups excluding carboxylic acids is 2. The highest BCUT2D eigenvalue weighted by Gasteiger charge is 2.15.